The van der Waals surface area contributed by atoms with Crippen LogP contribution in [0.1, 0.15) is 22.6 Å². The molecule has 0 aliphatic carbocycles. The number of benzene rings is 1. The molecule has 0 amide bonds. The van der Waals surface area contributed by atoms with Gasteiger partial charge in [-0.1, -0.05) is 17.7 Å². The zero-order valence-electron chi connectivity index (χ0n) is 11.6. The molecule has 0 unspecified atom stereocenters. The Morgan fingerprint density at radius 1 is 1.20 bits per heavy atom. The number of hydrogen-bond acceptors (Lipinski definition) is 4. The molecule has 0 bridgehead atoms. The molecule has 108 valence electrons. The molecule has 0 aliphatic rings. The Kier molecular flexibility index (Phi) is 3.87. The van der Waals surface area contributed by atoms with Crippen LogP contribution >= 0.6 is 0 Å². The Morgan fingerprint density at radius 3 is 2.45 bits per heavy atom. The van der Waals surface area contributed by atoms with Gasteiger partial charge in [0, 0.05) is 6.07 Å². The monoisotopic (exact) mass is 295 g/mol. The van der Waals surface area contributed by atoms with Gasteiger partial charge in [-0.2, -0.15) is 0 Å². The summed E-state index contributed by atoms with van der Waals surface area (Å²) in [7, 11) is -3.72. The van der Waals surface area contributed by atoms with Crippen molar-refractivity contribution in [1.82, 2.24) is 0 Å². The quantitative estimate of drug-likeness (QED) is 0.908. The zero-order chi connectivity index (χ0) is 14.9. The van der Waals surface area contributed by atoms with Crippen LogP contribution in [-0.4, -0.2) is 13.5 Å². The number of anilines is 1. The van der Waals surface area contributed by atoms with Crippen LogP contribution in [0.2, 0.25) is 0 Å². The first kappa shape index (κ1) is 14.6. The van der Waals surface area contributed by atoms with E-state index in [2.05, 4.69) is 4.72 Å². The fraction of sp³-hybridized carbons (Fsp3) is 0.286. The normalized spacial score (nSPS) is 11.6. The van der Waals surface area contributed by atoms with Crippen LogP contribution in [0.3, 0.4) is 0 Å². The van der Waals surface area contributed by atoms with Crippen molar-refractivity contribution >= 4 is 15.7 Å². The first-order chi connectivity index (χ1) is 9.33. The molecule has 2 aromatic rings. The lowest BCUT2D eigenvalue weighted by atomic mass is 10.1. The Labute approximate surface area is 118 Å². The van der Waals surface area contributed by atoms with Gasteiger partial charge in [-0.3, -0.25) is 4.72 Å². The molecule has 6 heteroatoms. The third-order valence-electron chi connectivity index (χ3n) is 2.99. The SMILES string of the molecule is Cc1ccc(NS(=O)(=O)c2cc(CO)oc2C)c(C)c1. The van der Waals surface area contributed by atoms with Crippen molar-refractivity contribution in [3.63, 3.8) is 0 Å². The maximum Gasteiger partial charge on any atom is 0.265 e. The molecule has 0 fully saturated rings. The molecule has 5 nitrogen and oxygen atoms in total. The minimum absolute atomic E-state index is 0.0431. The number of sulfonamides is 1. The van der Waals surface area contributed by atoms with Crippen molar-refractivity contribution in [2.75, 3.05) is 4.72 Å². The molecule has 0 atom stereocenters. The van der Waals surface area contributed by atoms with E-state index in [1.54, 1.807) is 13.0 Å². The van der Waals surface area contributed by atoms with E-state index in [0.717, 1.165) is 11.1 Å². The number of aliphatic hydroxyl groups is 1. The highest BCUT2D eigenvalue weighted by atomic mass is 32.2. The predicted octanol–water partition coefficient (Wildman–Crippen LogP) is 2.50. The molecule has 1 aromatic heterocycles. The van der Waals surface area contributed by atoms with Crippen molar-refractivity contribution in [2.45, 2.75) is 32.3 Å². The molecule has 0 saturated heterocycles. The fourth-order valence-electron chi connectivity index (χ4n) is 2.00. The summed E-state index contributed by atoms with van der Waals surface area (Å²) in [5, 5.41) is 9.00. The summed E-state index contributed by atoms with van der Waals surface area (Å²) in [6.07, 6.45) is 0. The third kappa shape index (κ3) is 2.86. The number of furan rings is 1. The average Bonchev–Trinajstić information content (AvgIpc) is 2.75. The van der Waals surface area contributed by atoms with Crippen LogP contribution in [0, 0.1) is 20.8 Å². The number of aryl methyl sites for hydroxylation is 3. The number of hydrogen-bond donors (Lipinski definition) is 2. The summed E-state index contributed by atoms with van der Waals surface area (Å²) < 4.78 is 32.4. The molecule has 0 radical (unpaired) electrons. The van der Waals surface area contributed by atoms with E-state index in [0.29, 0.717) is 5.69 Å². The lowest BCUT2D eigenvalue weighted by molar-refractivity contribution is 0.245. The van der Waals surface area contributed by atoms with E-state index in [-0.39, 0.29) is 23.0 Å². The summed E-state index contributed by atoms with van der Waals surface area (Å²) in [6.45, 7) is 5.00. The van der Waals surface area contributed by atoms with Crippen LogP contribution in [-0.2, 0) is 16.6 Å². The van der Waals surface area contributed by atoms with Gasteiger partial charge in [0.1, 0.15) is 23.0 Å². The van der Waals surface area contributed by atoms with Gasteiger partial charge in [-0.05, 0) is 32.4 Å². The highest BCUT2D eigenvalue weighted by Gasteiger charge is 2.21. The van der Waals surface area contributed by atoms with Crippen LogP contribution < -0.4 is 4.72 Å². The zero-order valence-corrected chi connectivity index (χ0v) is 12.4. The molecule has 1 aromatic carbocycles. The van der Waals surface area contributed by atoms with Gasteiger partial charge in [0.2, 0.25) is 0 Å². The Hall–Kier alpha value is -1.79. The molecule has 0 saturated carbocycles. The lowest BCUT2D eigenvalue weighted by Crippen LogP contribution is -2.14. The first-order valence-electron chi connectivity index (χ1n) is 6.13. The summed E-state index contributed by atoms with van der Waals surface area (Å²) in [6, 6.07) is 6.80. The van der Waals surface area contributed by atoms with E-state index in [4.69, 9.17) is 9.52 Å². The van der Waals surface area contributed by atoms with E-state index in [1.807, 2.05) is 26.0 Å². The Balaban J connectivity index is 2.38. The van der Waals surface area contributed by atoms with Gasteiger partial charge < -0.3 is 9.52 Å². The van der Waals surface area contributed by atoms with Crippen molar-refractivity contribution in [2.24, 2.45) is 0 Å². The Morgan fingerprint density at radius 2 is 1.90 bits per heavy atom. The minimum Gasteiger partial charge on any atom is -0.462 e. The van der Waals surface area contributed by atoms with Crippen molar-refractivity contribution < 1.29 is 17.9 Å². The van der Waals surface area contributed by atoms with Gasteiger partial charge in [0.05, 0.1) is 5.69 Å². The molecule has 0 aliphatic heterocycles. The number of aliphatic hydroxyl groups excluding tert-OH is 1. The average molecular weight is 295 g/mol. The molecule has 20 heavy (non-hydrogen) atoms. The minimum atomic E-state index is -3.72. The van der Waals surface area contributed by atoms with Crippen LogP contribution in [0.25, 0.3) is 0 Å². The standard InChI is InChI=1S/C14H17NO4S/c1-9-4-5-13(10(2)6-9)15-20(17,18)14-7-12(8-16)19-11(14)3/h4-7,15-16H,8H2,1-3H3. The third-order valence-corrected chi connectivity index (χ3v) is 4.47. The molecule has 0 spiro atoms. The van der Waals surface area contributed by atoms with Crippen molar-refractivity contribution in [3.8, 4) is 0 Å². The van der Waals surface area contributed by atoms with Crippen LogP contribution in [0.4, 0.5) is 5.69 Å². The topological polar surface area (TPSA) is 79.5 Å². The summed E-state index contributed by atoms with van der Waals surface area (Å²) in [5.41, 5.74) is 2.44. The van der Waals surface area contributed by atoms with Crippen molar-refractivity contribution in [3.05, 3.63) is 46.9 Å². The maximum absolute atomic E-state index is 12.3. The predicted molar refractivity (Wildman–Crippen MR) is 76.1 cm³/mol. The fourth-order valence-corrected chi connectivity index (χ4v) is 3.33. The number of nitrogens with one attached hydrogen (secondary N) is 1. The summed E-state index contributed by atoms with van der Waals surface area (Å²) >= 11 is 0. The molecular formula is C14H17NO4S. The second-order valence-corrected chi connectivity index (χ2v) is 6.37. The second kappa shape index (κ2) is 5.30. The van der Waals surface area contributed by atoms with E-state index in [1.165, 1.54) is 6.07 Å². The highest BCUT2D eigenvalue weighted by Crippen LogP contribution is 2.24. The van der Waals surface area contributed by atoms with Crippen molar-refractivity contribution in [1.29, 1.82) is 0 Å². The summed E-state index contributed by atoms with van der Waals surface area (Å²) in [4.78, 5) is 0.0431. The molecule has 2 N–H and O–H groups in total. The first-order valence-corrected chi connectivity index (χ1v) is 7.62. The van der Waals surface area contributed by atoms with E-state index in [9.17, 15) is 8.42 Å². The number of rotatable bonds is 4. The van der Waals surface area contributed by atoms with E-state index >= 15 is 0 Å². The smallest absolute Gasteiger partial charge is 0.265 e. The molecular weight excluding hydrogens is 278 g/mol. The van der Waals surface area contributed by atoms with Crippen LogP contribution in [0.15, 0.2) is 33.6 Å². The Bertz CT molecular complexity index is 732. The second-order valence-electron chi connectivity index (χ2n) is 4.72. The van der Waals surface area contributed by atoms with Gasteiger partial charge in [0.25, 0.3) is 10.0 Å². The van der Waals surface area contributed by atoms with Gasteiger partial charge >= 0.3 is 0 Å². The van der Waals surface area contributed by atoms with Gasteiger partial charge in [-0.15, -0.1) is 0 Å². The molecule has 1 heterocycles. The van der Waals surface area contributed by atoms with Gasteiger partial charge in [0.15, 0.2) is 0 Å². The lowest BCUT2D eigenvalue weighted by Gasteiger charge is -2.10. The van der Waals surface area contributed by atoms with Crippen LogP contribution in [0.5, 0.6) is 0 Å². The highest BCUT2D eigenvalue weighted by molar-refractivity contribution is 7.92. The summed E-state index contributed by atoms with van der Waals surface area (Å²) in [5.74, 6) is 0.481. The molecule has 2 rings (SSSR count). The van der Waals surface area contributed by atoms with E-state index < -0.39 is 10.0 Å². The van der Waals surface area contributed by atoms with Gasteiger partial charge in [-0.25, -0.2) is 8.42 Å². The maximum atomic E-state index is 12.3. The largest absolute Gasteiger partial charge is 0.462 e.